The first-order valence-electron chi connectivity index (χ1n) is 23.4. The van der Waals surface area contributed by atoms with Crippen molar-refractivity contribution in [1.29, 1.82) is 0 Å². The van der Waals surface area contributed by atoms with Crippen molar-refractivity contribution in [3.05, 3.63) is 162 Å². The zero-order chi connectivity index (χ0) is 43.9. The van der Waals surface area contributed by atoms with Gasteiger partial charge in [-0.2, -0.15) is 0 Å². The Hall–Kier alpha value is -6.14. The largest absolute Gasteiger partial charge is 0.374 e. The minimum atomic E-state index is -0.0361. The lowest BCUT2D eigenvalue weighted by Crippen LogP contribution is -2.55. The van der Waals surface area contributed by atoms with E-state index in [9.17, 15) is 0 Å². The van der Waals surface area contributed by atoms with Crippen LogP contribution >= 0.6 is 22.7 Å². The summed E-state index contributed by atoms with van der Waals surface area (Å²) in [7, 11) is 0. The van der Waals surface area contributed by atoms with Gasteiger partial charge in [-0.1, -0.05) is 158 Å². The number of benzene rings is 8. The Morgan fingerprint density at radius 3 is 2.05 bits per heavy atom. The SMILES string of the molecule is CC(C)(C)c1ccc(N2c3cc4c(sc5ccccc54)c4c3B(c3sc5cc6c(cc5c32)C(C)(C)CCC6(C)C)n2c3c-4cccc3c3ccc4ccccc4c32)c(-c2ccccc2)c1. The summed E-state index contributed by atoms with van der Waals surface area (Å²) in [5.41, 5.74) is 17.7. The maximum absolute atomic E-state index is 2.80. The van der Waals surface area contributed by atoms with Crippen LogP contribution in [-0.2, 0) is 16.2 Å². The zero-order valence-electron chi connectivity index (χ0n) is 38.1. The summed E-state index contributed by atoms with van der Waals surface area (Å²) < 4.78 is 8.33. The Balaban J connectivity index is 1.22. The quantitative estimate of drug-likeness (QED) is 0.157. The number of aromatic nitrogens is 1. The molecule has 5 heterocycles. The fourth-order valence-corrected chi connectivity index (χ4v) is 14.9. The molecule has 0 unspecified atom stereocenters. The molecule has 0 bridgehead atoms. The predicted octanol–water partition coefficient (Wildman–Crippen LogP) is 16.3. The van der Waals surface area contributed by atoms with Crippen LogP contribution in [0, 0.1) is 0 Å². The van der Waals surface area contributed by atoms with Crippen molar-refractivity contribution in [3.63, 3.8) is 0 Å². The second-order valence-corrected chi connectivity index (χ2v) is 23.6. The van der Waals surface area contributed by atoms with E-state index in [1.165, 1.54) is 142 Å². The van der Waals surface area contributed by atoms with Crippen LogP contribution in [0.25, 0.3) is 85.1 Å². The van der Waals surface area contributed by atoms with Gasteiger partial charge in [-0.3, -0.25) is 0 Å². The number of fused-ring (bicyclic) bond motifs is 16. The molecule has 2 nitrogen and oxygen atoms in total. The average molecular weight is 873 g/mol. The molecule has 0 radical (unpaired) electrons. The molecule has 314 valence electrons. The molecule has 0 amide bonds. The van der Waals surface area contributed by atoms with Crippen LogP contribution in [0.4, 0.5) is 17.1 Å². The highest BCUT2D eigenvalue weighted by atomic mass is 32.1. The van der Waals surface area contributed by atoms with Gasteiger partial charge in [-0.25, -0.2) is 0 Å². The van der Waals surface area contributed by atoms with Crippen molar-refractivity contribution in [1.82, 2.24) is 4.48 Å². The summed E-state index contributed by atoms with van der Waals surface area (Å²) in [6.45, 7) is 16.9. The Bertz CT molecular complexity index is 3890. The molecule has 1 aliphatic carbocycles. The fraction of sp³-hybridized carbons (Fsp3) is 0.200. The van der Waals surface area contributed by atoms with Crippen LogP contribution in [0.15, 0.2) is 146 Å². The molecule has 0 atom stereocenters. The van der Waals surface area contributed by atoms with Gasteiger partial charge < -0.3 is 9.38 Å². The van der Waals surface area contributed by atoms with E-state index < -0.39 is 0 Å². The number of thiophene rings is 2. The van der Waals surface area contributed by atoms with E-state index in [4.69, 9.17) is 0 Å². The molecule has 5 heteroatoms. The van der Waals surface area contributed by atoms with E-state index in [0.29, 0.717) is 0 Å². The van der Waals surface area contributed by atoms with Gasteiger partial charge in [0.2, 0.25) is 0 Å². The highest BCUT2D eigenvalue weighted by Crippen LogP contribution is 2.56. The lowest BCUT2D eigenvalue weighted by molar-refractivity contribution is 0.332. The average Bonchev–Trinajstić information content (AvgIpc) is 3.99. The Morgan fingerprint density at radius 2 is 1.25 bits per heavy atom. The lowest BCUT2D eigenvalue weighted by Gasteiger charge is -2.42. The van der Waals surface area contributed by atoms with Crippen molar-refractivity contribution in [3.8, 4) is 22.3 Å². The van der Waals surface area contributed by atoms with Gasteiger partial charge in [0.1, 0.15) is 0 Å². The molecule has 0 fully saturated rings. The van der Waals surface area contributed by atoms with Crippen LogP contribution in [-0.4, -0.2) is 11.3 Å². The third kappa shape index (κ3) is 5.06. The second kappa shape index (κ2) is 12.8. The van der Waals surface area contributed by atoms with Crippen LogP contribution in [0.2, 0.25) is 0 Å². The number of anilines is 3. The second-order valence-electron chi connectivity index (χ2n) is 21.5. The first kappa shape index (κ1) is 38.2. The van der Waals surface area contributed by atoms with Crippen molar-refractivity contribution < 1.29 is 0 Å². The number of nitrogens with zero attached hydrogens (tertiary/aromatic N) is 2. The highest BCUT2D eigenvalue weighted by molar-refractivity contribution is 7.32. The molecule has 8 aromatic carbocycles. The summed E-state index contributed by atoms with van der Waals surface area (Å²) >= 11 is 4.02. The molecule has 3 aromatic heterocycles. The van der Waals surface area contributed by atoms with E-state index in [0.717, 1.165) is 0 Å². The maximum atomic E-state index is 2.80. The Kier molecular flexibility index (Phi) is 7.52. The minimum absolute atomic E-state index is 0.0201. The van der Waals surface area contributed by atoms with E-state index in [1.807, 2.05) is 22.7 Å². The van der Waals surface area contributed by atoms with Gasteiger partial charge in [-0.05, 0) is 98.6 Å². The molecule has 11 aromatic rings. The summed E-state index contributed by atoms with van der Waals surface area (Å²) in [6, 6.07) is 56.4. The third-order valence-electron chi connectivity index (χ3n) is 15.8. The van der Waals surface area contributed by atoms with Gasteiger partial charge in [0.05, 0.1) is 11.4 Å². The summed E-state index contributed by atoms with van der Waals surface area (Å²) in [4.78, 5) is 2.74. The summed E-state index contributed by atoms with van der Waals surface area (Å²) in [5, 5.41) is 9.30. The topological polar surface area (TPSA) is 8.17 Å². The zero-order valence-corrected chi connectivity index (χ0v) is 39.7. The Labute approximate surface area is 388 Å². The predicted molar refractivity (Wildman–Crippen MR) is 285 cm³/mol. The first-order chi connectivity index (χ1) is 31.4. The van der Waals surface area contributed by atoms with Crippen LogP contribution in [0.3, 0.4) is 0 Å². The molecular formula is C60H49BN2S2. The van der Waals surface area contributed by atoms with Crippen molar-refractivity contribution in [2.45, 2.75) is 77.6 Å². The van der Waals surface area contributed by atoms with Gasteiger partial charge in [-0.15, -0.1) is 22.7 Å². The molecular weight excluding hydrogens is 824 g/mol. The Morgan fingerprint density at radius 1 is 0.538 bits per heavy atom. The maximum Gasteiger partial charge on any atom is 0.343 e. The molecule has 65 heavy (non-hydrogen) atoms. The molecule has 0 N–H and O–H groups in total. The van der Waals surface area contributed by atoms with Crippen LogP contribution < -0.4 is 15.1 Å². The monoisotopic (exact) mass is 872 g/mol. The van der Waals surface area contributed by atoms with E-state index in [-0.39, 0.29) is 23.1 Å². The minimum Gasteiger partial charge on any atom is -0.374 e. The van der Waals surface area contributed by atoms with Gasteiger partial charge in [0, 0.05) is 84.6 Å². The van der Waals surface area contributed by atoms with Crippen LogP contribution in [0.1, 0.15) is 78.0 Å². The molecule has 3 aliphatic rings. The smallest absolute Gasteiger partial charge is 0.343 e. The third-order valence-corrected chi connectivity index (χ3v) is 18.2. The van der Waals surface area contributed by atoms with E-state index in [2.05, 4.69) is 203 Å². The lowest BCUT2D eigenvalue weighted by atomic mass is 9.48. The van der Waals surface area contributed by atoms with Gasteiger partial charge in [0.15, 0.2) is 0 Å². The highest BCUT2D eigenvalue weighted by Gasteiger charge is 2.47. The van der Waals surface area contributed by atoms with E-state index >= 15 is 0 Å². The van der Waals surface area contributed by atoms with Crippen molar-refractivity contribution in [2.24, 2.45) is 0 Å². The molecule has 0 saturated heterocycles. The summed E-state index contributed by atoms with van der Waals surface area (Å²) in [6.07, 6.45) is 2.37. The number of para-hydroxylation sites is 1. The molecule has 0 spiro atoms. The number of hydrogen-bond acceptors (Lipinski definition) is 3. The first-order valence-corrected chi connectivity index (χ1v) is 25.1. The van der Waals surface area contributed by atoms with E-state index in [1.54, 1.807) is 0 Å². The number of hydrogen-bond donors (Lipinski definition) is 0. The summed E-state index contributed by atoms with van der Waals surface area (Å²) in [5.74, 6) is 0. The standard InChI is InChI=1S/C60H49BN2S2/c1-58(2,3)36-25-27-47(42(30-36)34-16-9-8-10-17-34)62-48-32-43-38-20-13-14-23-49(38)64-56(43)51-41-22-15-21-39-40-26-24-35-18-11-12-19-37(35)53(40)63(54(39)41)61(52(48)51)57-55(62)44-31-45-46(33-50(44)65-57)60(6,7)29-28-59(45,4)5/h8-27,30-33H,28-29H2,1-7H3. The van der Waals surface area contributed by atoms with Gasteiger partial charge in [0.25, 0.3) is 0 Å². The molecule has 14 rings (SSSR count). The normalized spacial score (nSPS) is 16.0. The van der Waals surface area contributed by atoms with Crippen molar-refractivity contribution >= 4 is 120 Å². The molecule has 0 saturated carbocycles. The number of rotatable bonds is 2. The van der Waals surface area contributed by atoms with Crippen molar-refractivity contribution in [2.75, 3.05) is 4.90 Å². The fourth-order valence-electron chi connectivity index (χ4n) is 12.3. The molecule has 2 aliphatic heterocycles. The van der Waals surface area contributed by atoms with Gasteiger partial charge >= 0.3 is 6.85 Å². The van der Waals surface area contributed by atoms with Crippen LogP contribution in [0.5, 0.6) is 0 Å².